The van der Waals surface area contributed by atoms with Gasteiger partial charge in [-0.25, -0.2) is 0 Å². The second-order valence-corrected chi connectivity index (χ2v) is 7.52. The molecule has 2 aromatic heterocycles. The number of amides is 1. The highest BCUT2D eigenvalue weighted by Gasteiger charge is 2.17. The fraction of sp³-hybridized carbons (Fsp3) is 0.150. The predicted octanol–water partition coefficient (Wildman–Crippen LogP) is 4.83. The Morgan fingerprint density at radius 2 is 1.96 bits per heavy atom. The molecule has 0 aliphatic heterocycles. The summed E-state index contributed by atoms with van der Waals surface area (Å²) < 4.78 is 2.02. The molecule has 0 saturated heterocycles. The average molecular weight is 412 g/mol. The third kappa shape index (κ3) is 3.76. The van der Waals surface area contributed by atoms with Crippen LogP contribution in [0.5, 0.6) is 0 Å². The van der Waals surface area contributed by atoms with E-state index < -0.39 is 0 Å². The van der Waals surface area contributed by atoms with Crippen LogP contribution in [0.15, 0.2) is 59.9 Å². The van der Waals surface area contributed by atoms with Crippen molar-refractivity contribution in [3.8, 4) is 11.4 Å². The molecule has 0 fully saturated rings. The molecule has 0 aliphatic rings. The summed E-state index contributed by atoms with van der Waals surface area (Å²) in [6, 6.07) is 15.1. The van der Waals surface area contributed by atoms with Gasteiger partial charge in [0.25, 0.3) is 0 Å². The second kappa shape index (κ2) is 8.08. The third-order valence-corrected chi connectivity index (χ3v) is 5.54. The first-order valence-electron chi connectivity index (χ1n) is 8.83. The molecule has 0 atom stereocenters. The maximum atomic E-state index is 12.3. The van der Waals surface area contributed by atoms with E-state index in [1.54, 1.807) is 24.3 Å². The van der Waals surface area contributed by atoms with E-state index in [2.05, 4.69) is 26.6 Å². The van der Waals surface area contributed by atoms with E-state index >= 15 is 0 Å². The van der Waals surface area contributed by atoms with Gasteiger partial charge >= 0.3 is 0 Å². The van der Waals surface area contributed by atoms with Gasteiger partial charge in [-0.05, 0) is 37.3 Å². The number of hydrogen-bond acceptors (Lipinski definition) is 4. The van der Waals surface area contributed by atoms with Crippen molar-refractivity contribution in [2.75, 3.05) is 11.1 Å². The number of fused-ring (bicyclic) bond motifs is 1. The standard InChI is InChI=1S/C20H18ClN5OS/c1-2-26-19(16-11-22-17-6-4-3-5-15(16)17)24-25-20(26)28-12-18(27)23-14-9-7-13(21)8-10-14/h3-11,22H,2,12H2,1H3,(H,23,27). The van der Waals surface area contributed by atoms with Crippen LogP contribution in [0.25, 0.3) is 22.3 Å². The van der Waals surface area contributed by atoms with E-state index in [0.717, 1.165) is 22.3 Å². The van der Waals surface area contributed by atoms with Gasteiger partial charge in [0.2, 0.25) is 5.91 Å². The molecule has 6 nitrogen and oxygen atoms in total. The molecule has 28 heavy (non-hydrogen) atoms. The van der Waals surface area contributed by atoms with Gasteiger partial charge in [-0.15, -0.1) is 10.2 Å². The fourth-order valence-electron chi connectivity index (χ4n) is 3.00. The molecule has 8 heteroatoms. The van der Waals surface area contributed by atoms with Crippen LogP contribution >= 0.6 is 23.4 Å². The lowest BCUT2D eigenvalue weighted by Gasteiger charge is -2.07. The number of hydrogen-bond donors (Lipinski definition) is 2. The van der Waals surface area contributed by atoms with Crippen LogP contribution in [-0.2, 0) is 11.3 Å². The minimum Gasteiger partial charge on any atom is -0.360 e. The van der Waals surface area contributed by atoms with Crippen molar-refractivity contribution in [2.45, 2.75) is 18.6 Å². The summed E-state index contributed by atoms with van der Waals surface area (Å²) in [5.41, 5.74) is 2.77. The minimum absolute atomic E-state index is 0.105. The molecule has 0 spiro atoms. The van der Waals surface area contributed by atoms with Crippen molar-refractivity contribution in [3.05, 3.63) is 59.8 Å². The Balaban J connectivity index is 1.50. The van der Waals surface area contributed by atoms with Crippen molar-refractivity contribution in [1.82, 2.24) is 19.7 Å². The Hall–Kier alpha value is -2.77. The number of aromatic amines is 1. The fourth-order valence-corrected chi connectivity index (χ4v) is 3.93. The Morgan fingerprint density at radius 1 is 1.18 bits per heavy atom. The summed E-state index contributed by atoms with van der Waals surface area (Å²) in [6.07, 6.45) is 1.95. The van der Waals surface area contributed by atoms with E-state index in [1.165, 1.54) is 11.8 Å². The van der Waals surface area contributed by atoms with Crippen molar-refractivity contribution in [2.24, 2.45) is 0 Å². The lowest BCUT2D eigenvalue weighted by atomic mass is 10.1. The molecule has 0 saturated carbocycles. The summed E-state index contributed by atoms with van der Waals surface area (Å²) in [6.45, 7) is 2.75. The number of nitrogens with one attached hydrogen (secondary N) is 2. The Labute approximate surface area is 171 Å². The van der Waals surface area contributed by atoms with Crippen LogP contribution in [0.1, 0.15) is 6.92 Å². The first-order chi connectivity index (χ1) is 13.7. The first kappa shape index (κ1) is 18.6. The molecule has 2 N–H and O–H groups in total. The smallest absolute Gasteiger partial charge is 0.234 e. The molecular weight excluding hydrogens is 394 g/mol. The van der Waals surface area contributed by atoms with Crippen LogP contribution in [0.2, 0.25) is 5.02 Å². The summed E-state index contributed by atoms with van der Waals surface area (Å²) >= 11 is 7.23. The molecule has 0 unspecified atom stereocenters. The Bertz CT molecular complexity index is 1120. The van der Waals surface area contributed by atoms with Gasteiger partial charge in [0.15, 0.2) is 11.0 Å². The summed E-state index contributed by atoms with van der Waals surface area (Å²) in [4.78, 5) is 15.5. The van der Waals surface area contributed by atoms with Crippen LogP contribution < -0.4 is 5.32 Å². The number of benzene rings is 2. The highest BCUT2D eigenvalue weighted by Crippen LogP contribution is 2.30. The maximum absolute atomic E-state index is 12.3. The molecular formula is C20H18ClN5OS. The van der Waals surface area contributed by atoms with Crippen molar-refractivity contribution in [1.29, 1.82) is 0 Å². The zero-order valence-corrected chi connectivity index (χ0v) is 16.7. The first-order valence-corrected chi connectivity index (χ1v) is 10.2. The van der Waals surface area contributed by atoms with Gasteiger partial charge in [-0.3, -0.25) is 4.79 Å². The molecule has 0 radical (unpaired) electrons. The van der Waals surface area contributed by atoms with Crippen LogP contribution in [0.4, 0.5) is 5.69 Å². The highest BCUT2D eigenvalue weighted by atomic mass is 35.5. The lowest BCUT2D eigenvalue weighted by Crippen LogP contribution is -2.14. The Morgan fingerprint density at radius 3 is 2.75 bits per heavy atom. The monoisotopic (exact) mass is 411 g/mol. The molecule has 142 valence electrons. The summed E-state index contributed by atoms with van der Waals surface area (Å²) in [7, 11) is 0. The quantitative estimate of drug-likeness (QED) is 0.445. The van der Waals surface area contributed by atoms with E-state index in [1.807, 2.05) is 35.9 Å². The van der Waals surface area contributed by atoms with Crippen molar-refractivity contribution in [3.63, 3.8) is 0 Å². The van der Waals surface area contributed by atoms with Crippen LogP contribution in [0.3, 0.4) is 0 Å². The number of rotatable bonds is 6. The van der Waals surface area contributed by atoms with Gasteiger partial charge in [0, 0.05) is 39.9 Å². The number of thioether (sulfide) groups is 1. The van der Waals surface area contributed by atoms with Crippen LogP contribution in [0, 0.1) is 0 Å². The van der Waals surface area contributed by atoms with E-state index in [0.29, 0.717) is 22.4 Å². The third-order valence-electron chi connectivity index (χ3n) is 4.32. The number of anilines is 1. The molecule has 2 heterocycles. The van der Waals surface area contributed by atoms with Gasteiger partial charge < -0.3 is 14.9 Å². The van der Waals surface area contributed by atoms with Gasteiger partial charge in [0.1, 0.15) is 0 Å². The number of halogens is 1. The lowest BCUT2D eigenvalue weighted by molar-refractivity contribution is -0.113. The second-order valence-electron chi connectivity index (χ2n) is 6.14. The highest BCUT2D eigenvalue weighted by molar-refractivity contribution is 7.99. The number of H-pyrrole nitrogens is 1. The van der Waals surface area contributed by atoms with Gasteiger partial charge in [-0.2, -0.15) is 0 Å². The van der Waals surface area contributed by atoms with Gasteiger partial charge in [0.05, 0.1) is 5.75 Å². The molecule has 1 amide bonds. The maximum Gasteiger partial charge on any atom is 0.234 e. The summed E-state index contributed by atoms with van der Waals surface area (Å²) in [5, 5.41) is 14.0. The number of nitrogens with zero attached hydrogens (tertiary/aromatic N) is 3. The Kier molecular flexibility index (Phi) is 5.36. The number of para-hydroxylation sites is 1. The average Bonchev–Trinajstić information content (AvgIpc) is 3.31. The van der Waals surface area contributed by atoms with Crippen molar-refractivity contribution >= 4 is 45.9 Å². The van der Waals surface area contributed by atoms with Gasteiger partial charge in [-0.1, -0.05) is 41.6 Å². The van der Waals surface area contributed by atoms with E-state index in [4.69, 9.17) is 11.6 Å². The molecule has 4 aromatic rings. The molecule has 0 aliphatic carbocycles. The topological polar surface area (TPSA) is 75.6 Å². The minimum atomic E-state index is -0.105. The van der Waals surface area contributed by atoms with E-state index in [9.17, 15) is 4.79 Å². The zero-order chi connectivity index (χ0) is 19.5. The van der Waals surface area contributed by atoms with Crippen molar-refractivity contribution < 1.29 is 4.79 Å². The predicted molar refractivity (Wildman–Crippen MR) is 114 cm³/mol. The molecule has 2 aromatic carbocycles. The number of aromatic nitrogens is 4. The number of carbonyl (C=O) groups is 1. The number of carbonyl (C=O) groups excluding carboxylic acids is 1. The molecule has 0 bridgehead atoms. The van der Waals surface area contributed by atoms with E-state index in [-0.39, 0.29) is 11.7 Å². The normalized spacial score (nSPS) is 11.1. The van der Waals surface area contributed by atoms with Crippen LogP contribution in [-0.4, -0.2) is 31.4 Å². The summed E-state index contributed by atoms with van der Waals surface area (Å²) in [5.74, 6) is 0.932. The molecule has 4 rings (SSSR count). The SMILES string of the molecule is CCn1c(SCC(=O)Nc2ccc(Cl)cc2)nnc1-c1c[nH]c2ccccc12. The largest absolute Gasteiger partial charge is 0.360 e. The zero-order valence-electron chi connectivity index (χ0n) is 15.1.